The van der Waals surface area contributed by atoms with Gasteiger partial charge in [0.05, 0.1) is 15.7 Å². The van der Waals surface area contributed by atoms with Gasteiger partial charge in [-0.1, -0.05) is 60.7 Å². The number of carbonyl (C=O) groups is 4. The summed E-state index contributed by atoms with van der Waals surface area (Å²) in [6.45, 7) is 0. The molecule has 2 aromatic rings. The summed E-state index contributed by atoms with van der Waals surface area (Å²) in [6.07, 6.45) is 0. The lowest BCUT2D eigenvalue weighted by Gasteiger charge is -2.19. The number of amides is 2. The number of rotatable bonds is 8. The monoisotopic (exact) mass is 456 g/mol. The third-order valence-electron chi connectivity index (χ3n) is 3.97. The fourth-order valence-corrected chi connectivity index (χ4v) is 4.90. The molecule has 0 spiro atoms. The minimum Gasteiger partial charge on any atom is -0.298 e. The first kappa shape index (κ1) is 21.9. The highest BCUT2D eigenvalue weighted by Gasteiger charge is 2.30. The summed E-state index contributed by atoms with van der Waals surface area (Å²) in [5, 5.41) is 4.69. The maximum absolute atomic E-state index is 12.5. The predicted molar refractivity (Wildman–Crippen MR) is 122 cm³/mol. The van der Waals surface area contributed by atoms with Crippen LogP contribution < -0.4 is 10.6 Å². The van der Waals surface area contributed by atoms with Gasteiger partial charge in [0.15, 0.2) is 16.7 Å². The Hall–Kier alpha value is -2.75. The molecule has 1 aliphatic heterocycles. The molecule has 0 radical (unpaired) electrons. The fraction of sp³-hybridized carbons (Fsp3) is 0.0952. The van der Waals surface area contributed by atoms with E-state index in [1.807, 2.05) is 12.1 Å². The standard InChI is InChI=1S/C21H16N2O4S3/c24-15(13-7-3-1-4-8-13)11-29-20(17-18(26)22-21(28)23-19(17)27)30-12-16(25)14-9-5-2-6-10-14/h1-10H,11-12H2,(H2,22,23,26,27,28). The zero-order valence-corrected chi connectivity index (χ0v) is 18.0. The molecule has 6 nitrogen and oxygen atoms in total. The molecule has 2 aromatic carbocycles. The normalized spacial score (nSPS) is 13.5. The van der Waals surface area contributed by atoms with Crippen molar-refractivity contribution in [2.45, 2.75) is 0 Å². The van der Waals surface area contributed by atoms with E-state index in [1.165, 1.54) is 0 Å². The number of ketones is 2. The molecule has 9 heteroatoms. The Morgan fingerprint density at radius 2 is 1.13 bits per heavy atom. The highest BCUT2D eigenvalue weighted by atomic mass is 32.2. The van der Waals surface area contributed by atoms with Crippen molar-refractivity contribution in [1.82, 2.24) is 10.6 Å². The Balaban J connectivity index is 1.79. The summed E-state index contributed by atoms with van der Waals surface area (Å²) in [4.78, 5) is 49.7. The van der Waals surface area contributed by atoms with E-state index in [9.17, 15) is 19.2 Å². The van der Waals surface area contributed by atoms with E-state index in [4.69, 9.17) is 12.2 Å². The second-order valence-corrected chi connectivity index (χ2v) is 8.69. The molecule has 3 rings (SSSR count). The number of hydrogen-bond donors (Lipinski definition) is 2. The van der Waals surface area contributed by atoms with Crippen LogP contribution in [0.4, 0.5) is 0 Å². The third-order valence-corrected chi connectivity index (χ3v) is 6.63. The van der Waals surface area contributed by atoms with Gasteiger partial charge in [-0.2, -0.15) is 0 Å². The molecular weight excluding hydrogens is 440 g/mol. The van der Waals surface area contributed by atoms with E-state index in [-0.39, 0.29) is 33.8 Å². The Bertz CT molecular complexity index is 957. The van der Waals surface area contributed by atoms with Crippen LogP contribution >= 0.6 is 35.7 Å². The summed E-state index contributed by atoms with van der Waals surface area (Å²) in [5.41, 5.74) is 0.900. The van der Waals surface area contributed by atoms with Gasteiger partial charge in [-0.3, -0.25) is 29.8 Å². The van der Waals surface area contributed by atoms with E-state index < -0.39 is 11.8 Å². The molecule has 0 saturated carbocycles. The topological polar surface area (TPSA) is 92.3 Å². The Kier molecular flexibility index (Phi) is 7.56. The van der Waals surface area contributed by atoms with E-state index in [1.54, 1.807) is 48.5 Å². The van der Waals surface area contributed by atoms with Crippen LogP contribution in [0.15, 0.2) is 70.5 Å². The van der Waals surface area contributed by atoms with Gasteiger partial charge in [0.2, 0.25) is 0 Å². The lowest BCUT2D eigenvalue weighted by atomic mass is 10.2. The maximum Gasteiger partial charge on any atom is 0.264 e. The van der Waals surface area contributed by atoms with Crippen molar-refractivity contribution >= 4 is 64.2 Å². The van der Waals surface area contributed by atoms with Crippen LogP contribution in [0.1, 0.15) is 20.7 Å². The molecule has 2 N–H and O–H groups in total. The molecule has 0 aromatic heterocycles. The average Bonchev–Trinajstić information content (AvgIpc) is 2.75. The van der Waals surface area contributed by atoms with Gasteiger partial charge in [-0.25, -0.2) is 0 Å². The van der Waals surface area contributed by atoms with Crippen molar-refractivity contribution in [1.29, 1.82) is 0 Å². The smallest absolute Gasteiger partial charge is 0.264 e. The maximum atomic E-state index is 12.5. The number of nitrogens with one attached hydrogen (secondary N) is 2. The van der Waals surface area contributed by atoms with Crippen LogP contribution in [-0.2, 0) is 9.59 Å². The molecule has 1 aliphatic rings. The van der Waals surface area contributed by atoms with Crippen molar-refractivity contribution in [2.75, 3.05) is 11.5 Å². The third kappa shape index (κ3) is 5.65. The van der Waals surface area contributed by atoms with E-state index in [0.717, 1.165) is 23.5 Å². The van der Waals surface area contributed by atoms with Gasteiger partial charge >= 0.3 is 0 Å². The molecule has 0 bridgehead atoms. The van der Waals surface area contributed by atoms with Crippen LogP contribution in [0.2, 0.25) is 0 Å². The van der Waals surface area contributed by atoms with Gasteiger partial charge in [0, 0.05) is 11.1 Å². The summed E-state index contributed by atoms with van der Waals surface area (Å²) < 4.78 is 0.293. The lowest BCUT2D eigenvalue weighted by Crippen LogP contribution is -2.51. The van der Waals surface area contributed by atoms with E-state index in [0.29, 0.717) is 15.4 Å². The van der Waals surface area contributed by atoms with Crippen LogP contribution in [0.3, 0.4) is 0 Å². The number of thiocarbonyl (C=S) groups is 1. The molecule has 1 fully saturated rings. The summed E-state index contributed by atoms with van der Waals surface area (Å²) in [7, 11) is 0. The zero-order chi connectivity index (χ0) is 21.5. The van der Waals surface area contributed by atoms with Crippen LogP contribution in [0.25, 0.3) is 0 Å². The van der Waals surface area contributed by atoms with Gasteiger partial charge < -0.3 is 0 Å². The first-order valence-corrected chi connectivity index (χ1v) is 11.2. The molecule has 0 unspecified atom stereocenters. The highest BCUT2D eigenvalue weighted by molar-refractivity contribution is 8.22. The number of benzene rings is 2. The summed E-state index contributed by atoms with van der Waals surface area (Å²) in [5.74, 6) is -1.58. The molecule has 30 heavy (non-hydrogen) atoms. The Labute approximate surface area is 186 Å². The summed E-state index contributed by atoms with van der Waals surface area (Å²) in [6, 6.07) is 17.4. The summed E-state index contributed by atoms with van der Waals surface area (Å²) >= 11 is 6.94. The van der Waals surface area contributed by atoms with E-state index in [2.05, 4.69) is 10.6 Å². The molecule has 1 saturated heterocycles. The van der Waals surface area contributed by atoms with Crippen molar-refractivity contribution in [3.05, 3.63) is 81.6 Å². The molecule has 2 amide bonds. The number of carbonyl (C=O) groups excluding carboxylic acids is 4. The predicted octanol–water partition coefficient (Wildman–Crippen LogP) is 2.96. The Morgan fingerprint density at radius 3 is 1.53 bits per heavy atom. The molecular formula is C21H16N2O4S3. The average molecular weight is 457 g/mol. The van der Waals surface area contributed by atoms with Crippen molar-refractivity contribution < 1.29 is 19.2 Å². The van der Waals surface area contributed by atoms with E-state index >= 15 is 0 Å². The molecule has 1 heterocycles. The minimum absolute atomic E-state index is 0.0143. The lowest BCUT2D eigenvalue weighted by molar-refractivity contribution is -0.123. The second kappa shape index (κ2) is 10.3. The fourth-order valence-electron chi connectivity index (χ4n) is 2.51. The van der Waals surface area contributed by atoms with Gasteiger partial charge in [-0.05, 0) is 12.2 Å². The first-order valence-electron chi connectivity index (χ1n) is 8.78. The first-order chi connectivity index (χ1) is 14.5. The van der Waals surface area contributed by atoms with Gasteiger partial charge in [-0.15, -0.1) is 23.5 Å². The van der Waals surface area contributed by atoms with Crippen LogP contribution in [0.5, 0.6) is 0 Å². The van der Waals surface area contributed by atoms with Gasteiger partial charge in [0.25, 0.3) is 11.8 Å². The Morgan fingerprint density at radius 1 is 0.733 bits per heavy atom. The highest BCUT2D eigenvalue weighted by Crippen LogP contribution is 2.33. The van der Waals surface area contributed by atoms with Crippen LogP contribution in [0, 0.1) is 0 Å². The molecule has 152 valence electrons. The second-order valence-electron chi connectivity index (χ2n) is 6.06. The van der Waals surface area contributed by atoms with Crippen molar-refractivity contribution in [3.63, 3.8) is 0 Å². The minimum atomic E-state index is -0.655. The number of hydrogen-bond acceptors (Lipinski definition) is 7. The number of Topliss-reactive ketones (excluding diaryl/α,β-unsaturated/α-hetero) is 2. The van der Waals surface area contributed by atoms with Crippen molar-refractivity contribution in [3.8, 4) is 0 Å². The quantitative estimate of drug-likeness (QED) is 0.273. The van der Waals surface area contributed by atoms with Crippen LogP contribution in [-0.4, -0.2) is 40.0 Å². The molecule has 0 atom stereocenters. The SMILES string of the molecule is O=C1NC(=S)NC(=O)C1=C(SCC(=O)c1ccccc1)SCC(=O)c1ccccc1. The molecule has 0 aliphatic carbocycles. The van der Waals surface area contributed by atoms with Crippen molar-refractivity contribution in [2.24, 2.45) is 0 Å². The zero-order valence-electron chi connectivity index (χ0n) is 15.5. The van der Waals surface area contributed by atoms with Gasteiger partial charge in [0.1, 0.15) is 5.57 Å². The number of thioether (sulfide) groups is 2. The largest absolute Gasteiger partial charge is 0.298 e.